The average Bonchev–Trinajstić information content (AvgIpc) is 3.15. The van der Waals surface area contributed by atoms with Gasteiger partial charge >= 0.3 is 6.01 Å². The van der Waals surface area contributed by atoms with E-state index in [9.17, 15) is 13.2 Å². The highest BCUT2D eigenvalue weighted by molar-refractivity contribution is 7.92. The Labute approximate surface area is 207 Å². The molecule has 0 aliphatic heterocycles. The molecule has 0 radical (unpaired) electrons. The number of aliphatic imine (C=N–C) groups is 1. The van der Waals surface area contributed by atoms with E-state index in [0.717, 1.165) is 11.3 Å². The zero-order valence-corrected chi connectivity index (χ0v) is 20.8. The van der Waals surface area contributed by atoms with E-state index < -0.39 is 10.0 Å². The lowest BCUT2D eigenvalue weighted by molar-refractivity contribution is 0.353. The third kappa shape index (κ3) is 5.28. The molecule has 0 amide bonds. The van der Waals surface area contributed by atoms with Crippen LogP contribution in [0.1, 0.15) is 16.8 Å². The predicted octanol–water partition coefficient (Wildman–Crippen LogP) is 3.14. The van der Waals surface area contributed by atoms with E-state index in [0.29, 0.717) is 16.9 Å². The lowest BCUT2D eigenvalue weighted by Gasteiger charge is -2.09. The fourth-order valence-corrected chi connectivity index (χ4v) is 4.35. The fraction of sp³-hybridized carbons (Fsp3) is 0.167. The molecule has 0 atom stereocenters. The van der Waals surface area contributed by atoms with Gasteiger partial charge < -0.3 is 9.47 Å². The molecule has 4 rings (SSSR count). The average molecular weight is 509 g/mol. The molecule has 11 nitrogen and oxygen atoms in total. The van der Waals surface area contributed by atoms with Crippen molar-refractivity contribution in [3.8, 4) is 17.6 Å². The number of ether oxygens (including phenoxy) is 2. The van der Waals surface area contributed by atoms with Gasteiger partial charge in [-0.2, -0.15) is 9.97 Å². The highest BCUT2D eigenvalue weighted by Gasteiger charge is 2.17. The number of benzene rings is 2. The van der Waals surface area contributed by atoms with E-state index in [-0.39, 0.29) is 28.2 Å². The Hall–Kier alpha value is -4.45. The second-order valence-electron chi connectivity index (χ2n) is 7.77. The summed E-state index contributed by atoms with van der Waals surface area (Å²) >= 11 is 0. The summed E-state index contributed by atoms with van der Waals surface area (Å²) in [6, 6.07) is 14.7. The van der Waals surface area contributed by atoms with Gasteiger partial charge in [0.15, 0.2) is 5.82 Å². The van der Waals surface area contributed by atoms with Crippen molar-refractivity contribution < 1.29 is 17.9 Å². The maximum Gasteiger partial charge on any atom is 0.321 e. The number of hydrogen-bond donors (Lipinski definition) is 2. The topological polar surface area (TPSA) is 141 Å². The molecule has 2 N–H and O–H groups in total. The first kappa shape index (κ1) is 24.7. The molecule has 2 aromatic carbocycles. The molecule has 12 heteroatoms. The number of nitrogens with zero attached hydrogens (tertiary/aromatic N) is 4. The van der Waals surface area contributed by atoms with Gasteiger partial charge in [-0.05, 0) is 55.8 Å². The highest BCUT2D eigenvalue weighted by atomic mass is 32.2. The third-order valence-corrected chi connectivity index (χ3v) is 6.55. The summed E-state index contributed by atoms with van der Waals surface area (Å²) in [5, 5.41) is 3.06. The van der Waals surface area contributed by atoms with Crippen molar-refractivity contribution in [2.45, 2.75) is 18.7 Å². The number of sulfonamides is 1. The molecule has 0 bridgehead atoms. The number of aromatic nitrogens is 4. The standard InChI is InChI=1S/C24H24N6O5S/c1-15-6-5-7-18(12-15)30-23(31)20(16(2)28-30)14-25-17-8-10-19(11-9-17)36(32,33)29-21-13-22(34-3)27-24(26-21)35-4/h5-14,28H,1-4H3,(H,26,27,29). The van der Waals surface area contributed by atoms with E-state index >= 15 is 0 Å². The van der Waals surface area contributed by atoms with Crippen LogP contribution in [-0.4, -0.2) is 48.6 Å². The quantitative estimate of drug-likeness (QED) is 0.348. The second-order valence-corrected chi connectivity index (χ2v) is 9.45. The number of aryl methyl sites for hydroxylation is 2. The van der Waals surface area contributed by atoms with Crippen LogP contribution in [0.4, 0.5) is 11.5 Å². The van der Waals surface area contributed by atoms with Gasteiger partial charge in [0.25, 0.3) is 15.6 Å². The summed E-state index contributed by atoms with van der Waals surface area (Å²) in [6.07, 6.45) is 1.46. The first-order valence-corrected chi connectivity index (χ1v) is 12.2. The van der Waals surface area contributed by atoms with Crippen molar-refractivity contribution in [2.75, 3.05) is 18.9 Å². The first-order chi connectivity index (χ1) is 17.2. The molecule has 0 unspecified atom stereocenters. The van der Waals surface area contributed by atoms with Gasteiger partial charge in [-0.25, -0.2) is 13.1 Å². The zero-order chi connectivity index (χ0) is 25.9. The summed E-state index contributed by atoms with van der Waals surface area (Å²) in [5.41, 5.74) is 3.06. The Balaban J connectivity index is 1.54. The summed E-state index contributed by atoms with van der Waals surface area (Å²) in [6.45, 7) is 3.74. The Morgan fingerprint density at radius 3 is 2.44 bits per heavy atom. The van der Waals surface area contributed by atoms with Crippen molar-refractivity contribution in [3.05, 3.63) is 81.8 Å². The number of anilines is 1. The maximum atomic E-state index is 12.9. The number of methoxy groups -OCH3 is 2. The molecule has 2 heterocycles. The van der Waals surface area contributed by atoms with Crippen LogP contribution in [0.25, 0.3) is 5.69 Å². The molecule has 36 heavy (non-hydrogen) atoms. The minimum Gasteiger partial charge on any atom is -0.481 e. The number of aromatic amines is 1. The van der Waals surface area contributed by atoms with Crippen molar-refractivity contribution in [3.63, 3.8) is 0 Å². The maximum absolute atomic E-state index is 12.9. The highest BCUT2D eigenvalue weighted by Crippen LogP contribution is 2.22. The summed E-state index contributed by atoms with van der Waals surface area (Å²) < 4.78 is 39.4. The van der Waals surface area contributed by atoms with E-state index in [1.807, 2.05) is 31.2 Å². The molecule has 0 aliphatic rings. The molecule has 0 aliphatic carbocycles. The second kappa shape index (κ2) is 10.0. The van der Waals surface area contributed by atoms with E-state index in [1.165, 1.54) is 55.4 Å². The zero-order valence-electron chi connectivity index (χ0n) is 20.0. The van der Waals surface area contributed by atoms with Gasteiger partial charge in [-0.1, -0.05) is 12.1 Å². The number of rotatable bonds is 8. The normalized spacial score (nSPS) is 11.6. The van der Waals surface area contributed by atoms with Gasteiger partial charge in [0.05, 0.1) is 36.1 Å². The van der Waals surface area contributed by atoms with Gasteiger partial charge in [0, 0.05) is 18.0 Å². The Morgan fingerprint density at radius 2 is 1.78 bits per heavy atom. The first-order valence-electron chi connectivity index (χ1n) is 10.7. The molecule has 4 aromatic rings. The third-order valence-electron chi connectivity index (χ3n) is 5.18. The van der Waals surface area contributed by atoms with Crippen molar-refractivity contribution >= 4 is 27.7 Å². The van der Waals surface area contributed by atoms with Crippen LogP contribution in [0, 0.1) is 13.8 Å². The van der Waals surface area contributed by atoms with Crippen LogP contribution < -0.4 is 19.8 Å². The lowest BCUT2D eigenvalue weighted by atomic mass is 10.2. The van der Waals surface area contributed by atoms with Crippen molar-refractivity contribution in [1.29, 1.82) is 0 Å². The molecule has 186 valence electrons. The molecular formula is C24H24N6O5S. The monoisotopic (exact) mass is 508 g/mol. The fourth-order valence-electron chi connectivity index (χ4n) is 3.36. The SMILES string of the molecule is COc1cc(NS(=O)(=O)c2ccc(N=Cc3c(C)[nH]n(-c4cccc(C)c4)c3=O)cc2)nc(OC)n1. The van der Waals surface area contributed by atoms with Crippen LogP contribution in [0.2, 0.25) is 0 Å². The molecule has 0 saturated heterocycles. The molecule has 0 spiro atoms. The van der Waals surface area contributed by atoms with Crippen LogP contribution in [0.15, 0.2) is 69.3 Å². The molecule has 0 fully saturated rings. The largest absolute Gasteiger partial charge is 0.481 e. The summed E-state index contributed by atoms with van der Waals surface area (Å²) in [4.78, 5) is 25.2. The van der Waals surface area contributed by atoms with Gasteiger partial charge in [-0.15, -0.1) is 0 Å². The van der Waals surface area contributed by atoms with Crippen molar-refractivity contribution in [2.24, 2.45) is 4.99 Å². The van der Waals surface area contributed by atoms with E-state index in [4.69, 9.17) is 9.47 Å². The molecule has 0 saturated carbocycles. The summed E-state index contributed by atoms with van der Waals surface area (Å²) in [7, 11) is -1.20. The summed E-state index contributed by atoms with van der Waals surface area (Å²) in [5.74, 6) is 0.138. The minimum absolute atomic E-state index is 0.00220. The van der Waals surface area contributed by atoms with Crippen LogP contribution in [0.5, 0.6) is 11.9 Å². The molecular weight excluding hydrogens is 484 g/mol. The Kier molecular flexibility index (Phi) is 6.88. The number of hydrogen-bond acceptors (Lipinski definition) is 8. The Morgan fingerprint density at radius 1 is 1.03 bits per heavy atom. The number of nitrogens with one attached hydrogen (secondary N) is 2. The van der Waals surface area contributed by atoms with Crippen LogP contribution in [-0.2, 0) is 10.0 Å². The van der Waals surface area contributed by atoms with Crippen LogP contribution >= 0.6 is 0 Å². The van der Waals surface area contributed by atoms with E-state index in [1.54, 1.807) is 6.92 Å². The van der Waals surface area contributed by atoms with Crippen molar-refractivity contribution in [1.82, 2.24) is 19.7 Å². The van der Waals surface area contributed by atoms with Gasteiger partial charge in [-0.3, -0.25) is 19.6 Å². The van der Waals surface area contributed by atoms with Gasteiger partial charge in [0.1, 0.15) is 0 Å². The van der Waals surface area contributed by atoms with Gasteiger partial charge in [0.2, 0.25) is 5.88 Å². The smallest absolute Gasteiger partial charge is 0.321 e. The van der Waals surface area contributed by atoms with E-state index in [2.05, 4.69) is 24.8 Å². The molecule has 2 aromatic heterocycles. The van der Waals surface area contributed by atoms with Crippen LogP contribution in [0.3, 0.4) is 0 Å². The minimum atomic E-state index is -3.95. The Bertz CT molecular complexity index is 1570. The predicted molar refractivity (Wildman–Crippen MR) is 136 cm³/mol. The number of H-pyrrole nitrogens is 1. The lowest BCUT2D eigenvalue weighted by Crippen LogP contribution is -2.17.